The van der Waals surface area contributed by atoms with Gasteiger partial charge in [-0.05, 0) is 30.1 Å². The molecule has 3 atom stereocenters. The smallest absolute Gasteiger partial charge is 0.0391 e. The molecule has 0 rings (SSSR count). The first-order valence-corrected chi connectivity index (χ1v) is 8.51. The minimum absolute atomic E-state index is 0.877. The molecule has 0 amide bonds. The third kappa shape index (κ3) is 9.00. The van der Waals surface area contributed by atoms with Crippen molar-refractivity contribution < 1.29 is 0 Å². The van der Waals surface area contributed by atoms with Crippen molar-refractivity contribution in [3.05, 3.63) is 0 Å². The van der Waals surface area contributed by atoms with Crippen LogP contribution >= 0.6 is 0 Å². The van der Waals surface area contributed by atoms with Crippen molar-refractivity contribution in [2.24, 2.45) is 23.7 Å². The van der Waals surface area contributed by atoms with E-state index in [2.05, 4.69) is 41.5 Å². The maximum absolute atomic E-state index is 2.49. The summed E-state index contributed by atoms with van der Waals surface area (Å²) < 4.78 is 0. The summed E-state index contributed by atoms with van der Waals surface area (Å²) >= 11 is 0. The van der Waals surface area contributed by atoms with Gasteiger partial charge in [-0.3, -0.25) is 0 Å². The summed E-state index contributed by atoms with van der Waals surface area (Å²) in [5.74, 6) is 3.72. The Morgan fingerprint density at radius 2 is 1.39 bits per heavy atom. The molecule has 0 aliphatic carbocycles. The van der Waals surface area contributed by atoms with Crippen LogP contribution in [-0.2, 0) is 0 Å². The molecule has 0 aromatic carbocycles. The standard InChI is InChI=1S/C18H38/c1-7-10-16(5)13-14-18(8-2)17(6)12-9-11-15(3)4/h15-18H,7-14H2,1-6H3. The van der Waals surface area contributed by atoms with Gasteiger partial charge in [-0.1, -0.05) is 86.5 Å². The van der Waals surface area contributed by atoms with Gasteiger partial charge in [0, 0.05) is 0 Å². The Hall–Kier alpha value is 0. The van der Waals surface area contributed by atoms with E-state index in [0.29, 0.717) is 0 Å². The van der Waals surface area contributed by atoms with Crippen LogP contribution in [0.1, 0.15) is 92.9 Å². The van der Waals surface area contributed by atoms with Crippen molar-refractivity contribution in [1.29, 1.82) is 0 Å². The summed E-state index contributed by atoms with van der Waals surface area (Å²) in [4.78, 5) is 0. The van der Waals surface area contributed by atoms with Crippen LogP contribution in [-0.4, -0.2) is 0 Å². The molecule has 110 valence electrons. The molecule has 0 heteroatoms. The predicted molar refractivity (Wildman–Crippen MR) is 84.9 cm³/mol. The van der Waals surface area contributed by atoms with E-state index in [-0.39, 0.29) is 0 Å². The summed E-state index contributed by atoms with van der Waals surface area (Å²) in [7, 11) is 0. The average molecular weight is 255 g/mol. The first-order valence-electron chi connectivity index (χ1n) is 8.51. The van der Waals surface area contributed by atoms with Gasteiger partial charge in [-0.2, -0.15) is 0 Å². The van der Waals surface area contributed by atoms with Gasteiger partial charge in [0.1, 0.15) is 0 Å². The second-order valence-electron chi connectivity index (χ2n) is 6.94. The molecule has 18 heavy (non-hydrogen) atoms. The van der Waals surface area contributed by atoms with Crippen molar-refractivity contribution in [2.75, 3.05) is 0 Å². The molecular weight excluding hydrogens is 216 g/mol. The lowest BCUT2D eigenvalue weighted by atomic mass is 9.82. The maximum atomic E-state index is 2.49. The maximum Gasteiger partial charge on any atom is -0.0391 e. The SMILES string of the molecule is CCCC(C)CCC(CC)C(C)CCCC(C)C. The quantitative estimate of drug-likeness (QED) is 0.385. The van der Waals surface area contributed by atoms with Crippen LogP contribution < -0.4 is 0 Å². The van der Waals surface area contributed by atoms with Crippen LogP contribution in [0.2, 0.25) is 0 Å². The lowest BCUT2D eigenvalue weighted by Crippen LogP contribution is -2.12. The van der Waals surface area contributed by atoms with Crippen LogP contribution in [0.15, 0.2) is 0 Å². The Bertz CT molecular complexity index is 171. The fourth-order valence-corrected chi connectivity index (χ4v) is 3.11. The van der Waals surface area contributed by atoms with E-state index in [1.54, 1.807) is 0 Å². The monoisotopic (exact) mass is 254 g/mol. The number of hydrogen-bond donors (Lipinski definition) is 0. The van der Waals surface area contributed by atoms with Crippen LogP contribution in [0, 0.1) is 23.7 Å². The van der Waals surface area contributed by atoms with Gasteiger partial charge in [-0.25, -0.2) is 0 Å². The van der Waals surface area contributed by atoms with Crippen LogP contribution in [0.4, 0.5) is 0 Å². The Kier molecular flexibility index (Phi) is 10.9. The van der Waals surface area contributed by atoms with E-state index in [1.807, 2.05) is 0 Å². The molecule has 0 aromatic heterocycles. The van der Waals surface area contributed by atoms with Crippen LogP contribution in [0.25, 0.3) is 0 Å². The summed E-state index contributed by atoms with van der Waals surface area (Å²) in [5, 5.41) is 0. The fourth-order valence-electron chi connectivity index (χ4n) is 3.11. The Morgan fingerprint density at radius 3 is 1.89 bits per heavy atom. The molecule has 0 fully saturated rings. The molecule has 0 spiro atoms. The van der Waals surface area contributed by atoms with Gasteiger partial charge in [0.15, 0.2) is 0 Å². The van der Waals surface area contributed by atoms with Crippen molar-refractivity contribution in [1.82, 2.24) is 0 Å². The molecule has 0 radical (unpaired) electrons. The zero-order chi connectivity index (χ0) is 14.0. The Morgan fingerprint density at radius 1 is 0.722 bits per heavy atom. The molecule has 0 N–H and O–H groups in total. The second kappa shape index (κ2) is 10.9. The van der Waals surface area contributed by atoms with Crippen LogP contribution in [0.5, 0.6) is 0 Å². The largest absolute Gasteiger partial charge is 0.0654 e. The van der Waals surface area contributed by atoms with E-state index in [9.17, 15) is 0 Å². The first kappa shape index (κ1) is 18.0. The number of rotatable bonds is 11. The Labute approximate surface area is 117 Å². The summed E-state index contributed by atoms with van der Waals surface area (Å²) in [6, 6.07) is 0. The normalized spacial score (nSPS) is 16.8. The molecule has 0 aliphatic heterocycles. The predicted octanol–water partition coefficient (Wildman–Crippen LogP) is 6.69. The second-order valence-corrected chi connectivity index (χ2v) is 6.94. The third-order valence-electron chi connectivity index (χ3n) is 4.58. The van der Waals surface area contributed by atoms with Crippen molar-refractivity contribution in [3.8, 4) is 0 Å². The zero-order valence-corrected chi connectivity index (χ0v) is 14.0. The highest BCUT2D eigenvalue weighted by molar-refractivity contribution is 4.67. The highest BCUT2D eigenvalue weighted by Gasteiger charge is 2.16. The third-order valence-corrected chi connectivity index (χ3v) is 4.58. The lowest BCUT2D eigenvalue weighted by molar-refractivity contribution is 0.273. The average Bonchev–Trinajstić information content (AvgIpc) is 2.29. The summed E-state index contributed by atoms with van der Waals surface area (Å²) in [5.41, 5.74) is 0. The molecule has 0 saturated carbocycles. The van der Waals surface area contributed by atoms with Gasteiger partial charge >= 0.3 is 0 Å². The molecule has 0 nitrogen and oxygen atoms in total. The van der Waals surface area contributed by atoms with Gasteiger partial charge < -0.3 is 0 Å². The first-order chi connectivity index (χ1) is 8.51. The highest BCUT2D eigenvalue weighted by atomic mass is 14.2. The van der Waals surface area contributed by atoms with Gasteiger partial charge in [0.05, 0.1) is 0 Å². The summed E-state index contributed by atoms with van der Waals surface area (Å²) in [6.45, 7) is 14.3. The van der Waals surface area contributed by atoms with E-state index >= 15 is 0 Å². The molecule has 0 aromatic rings. The lowest BCUT2D eigenvalue weighted by Gasteiger charge is -2.24. The molecule has 0 saturated heterocycles. The van der Waals surface area contributed by atoms with Gasteiger partial charge in [0.2, 0.25) is 0 Å². The van der Waals surface area contributed by atoms with Crippen molar-refractivity contribution in [2.45, 2.75) is 92.9 Å². The summed E-state index contributed by atoms with van der Waals surface area (Å²) in [6.07, 6.45) is 11.3. The molecule has 0 heterocycles. The van der Waals surface area contributed by atoms with Gasteiger partial charge in [-0.15, -0.1) is 0 Å². The molecular formula is C18H38. The highest BCUT2D eigenvalue weighted by Crippen LogP contribution is 2.28. The van der Waals surface area contributed by atoms with E-state index in [1.165, 1.54) is 51.4 Å². The topological polar surface area (TPSA) is 0 Å². The van der Waals surface area contributed by atoms with E-state index in [0.717, 1.165) is 23.7 Å². The van der Waals surface area contributed by atoms with Crippen molar-refractivity contribution >= 4 is 0 Å². The van der Waals surface area contributed by atoms with E-state index < -0.39 is 0 Å². The Balaban J connectivity index is 3.84. The molecule has 3 unspecified atom stereocenters. The minimum atomic E-state index is 0.877. The van der Waals surface area contributed by atoms with E-state index in [4.69, 9.17) is 0 Å². The molecule has 0 bridgehead atoms. The fraction of sp³-hybridized carbons (Fsp3) is 1.00. The van der Waals surface area contributed by atoms with Gasteiger partial charge in [0.25, 0.3) is 0 Å². The zero-order valence-electron chi connectivity index (χ0n) is 14.0. The molecule has 0 aliphatic rings. The minimum Gasteiger partial charge on any atom is -0.0654 e. The van der Waals surface area contributed by atoms with Crippen LogP contribution in [0.3, 0.4) is 0 Å². The number of hydrogen-bond acceptors (Lipinski definition) is 0. The van der Waals surface area contributed by atoms with Crippen molar-refractivity contribution in [3.63, 3.8) is 0 Å².